The Labute approximate surface area is 248 Å². The van der Waals surface area contributed by atoms with Gasteiger partial charge in [-0.25, -0.2) is 9.97 Å². The topological polar surface area (TPSA) is 196 Å². The van der Waals surface area contributed by atoms with Gasteiger partial charge in [0.05, 0.1) is 36.3 Å². The van der Waals surface area contributed by atoms with E-state index in [1.165, 1.54) is 44.5 Å². The number of aliphatic carboxylic acids is 1. The van der Waals surface area contributed by atoms with Gasteiger partial charge in [0, 0.05) is 44.8 Å². The standard InChI is InChI=1S/C27H25N11O6/c1-44-19-14-29-23(18-5-7-37(31-18)16-21(40)41)24-22(19)17(15-36(24)12-13-39)25(42)26(43)34-8-10-35(11-9-34)27-30-32-33-38(27)20-4-2-3-6-28-20/h2-7,13-15H,8-12,16H2,1H3,(H,40,41). The first-order valence-corrected chi connectivity index (χ1v) is 13.4. The number of fused-ring (bicyclic) bond motifs is 1. The van der Waals surface area contributed by atoms with Crippen LogP contribution >= 0.6 is 0 Å². The number of hydrogen-bond donors (Lipinski definition) is 1. The van der Waals surface area contributed by atoms with Crippen LogP contribution in [0, 0.1) is 0 Å². The molecule has 1 aliphatic rings. The van der Waals surface area contributed by atoms with E-state index in [0.717, 1.165) is 0 Å². The summed E-state index contributed by atoms with van der Waals surface area (Å²) < 4.78 is 9.74. The lowest BCUT2D eigenvalue weighted by molar-refractivity contribution is -0.138. The number of carboxylic acids is 1. The van der Waals surface area contributed by atoms with Crippen molar-refractivity contribution >= 4 is 40.8 Å². The number of aromatic nitrogens is 9. The quantitative estimate of drug-likeness (QED) is 0.129. The number of ether oxygens (including phenoxy) is 1. The molecule has 0 bridgehead atoms. The number of carbonyl (C=O) groups excluding carboxylic acids is 3. The van der Waals surface area contributed by atoms with Gasteiger partial charge >= 0.3 is 5.97 Å². The van der Waals surface area contributed by atoms with Crippen molar-refractivity contribution in [2.24, 2.45) is 0 Å². The van der Waals surface area contributed by atoms with Gasteiger partial charge in [0.1, 0.15) is 30.0 Å². The largest absolute Gasteiger partial charge is 0.494 e. The zero-order chi connectivity index (χ0) is 30.8. The third kappa shape index (κ3) is 5.10. The van der Waals surface area contributed by atoms with Gasteiger partial charge in [-0.1, -0.05) is 11.2 Å². The number of tetrazole rings is 1. The number of hydrogen-bond acceptors (Lipinski definition) is 12. The molecule has 1 aliphatic heterocycles. The average molecular weight is 600 g/mol. The highest BCUT2D eigenvalue weighted by atomic mass is 16.5. The Hall–Kier alpha value is -6.00. The molecule has 0 unspecified atom stereocenters. The lowest BCUT2D eigenvalue weighted by atomic mass is 10.1. The van der Waals surface area contributed by atoms with E-state index >= 15 is 0 Å². The van der Waals surface area contributed by atoms with Crippen LogP contribution in [0.1, 0.15) is 10.4 Å². The number of rotatable bonds is 10. The third-order valence-corrected chi connectivity index (χ3v) is 7.14. The number of nitrogens with zero attached hydrogens (tertiary/aromatic N) is 11. The summed E-state index contributed by atoms with van der Waals surface area (Å²) in [4.78, 5) is 62.1. The van der Waals surface area contributed by atoms with Gasteiger partial charge in [0.2, 0.25) is 0 Å². The summed E-state index contributed by atoms with van der Waals surface area (Å²) in [6, 6.07) is 6.96. The van der Waals surface area contributed by atoms with Crippen molar-refractivity contribution < 1.29 is 29.0 Å². The number of carbonyl (C=O) groups is 4. The van der Waals surface area contributed by atoms with E-state index < -0.39 is 17.7 Å². The molecule has 6 rings (SSSR count). The zero-order valence-electron chi connectivity index (χ0n) is 23.3. The maximum Gasteiger partial charge on any atom is 0.325 e. The highest BCUT2D eigenvalue weighted by Gasteiger charge is 2.32. The summed E-state index contributed by atoms with van der Waals surface area (Å²) in [5.41, 5.74) is 0.995. The second-order valence-electron chi connectivity index (χ2n) is 9.74. The summed E-state index contributed by atoms with van der Waals surface area (Å²) >= 11 is 0. The molecule has 5 aromatic heterocycles. The van der Waals surface area contributed by atoms with Gasteiger partial charge in [-0.2, -0.15) is 9.78 Å². The lowest BCUT2D eigenvalue weighted by Crippen LogP contribution is -2.51. The lowest BCUT2D eigenvalue weighted by Gasteiger charge is -2.34. The van der Waals surface area contributed by atoms with Gasteiger partial charge in [-0.05, 0) is 28.6 Å². The average Bonchev–Trinajstić information content (AvgIpc) is 3.80. The number of methoxy groups -OCH3 is 1. The van der Waals surface area contributed by atoms with Crippen molar-refractivity contribution in [1.82, 2.24) is 49.4 Å². The van der Waals surface area contributed by atoms with Crippen molar-refractivity contribution in [1.29, 1.82) is 0 Å². The number of ketones is 1. The zero-order valence-corrected chi connectivity index (χ0v) is 23.3. The molecular formula is C27H25N11O6. The fourth-order valence-electron chi connectivity index (χ4n) is 5.14. The van der Waals surface area contributed by atoms with Gasteiger partial charge in [-0.3, -0.25) is 19.1 Å². The maximum atomic E-state index is 13.8. The molecule has 0 atom stereocenters. The Morgan fingerprint density at radius 1 is 1.09 bits per heavy atom. The number of Topliss-reactive ketones (excluding diaryl/α,β-unsaturated/α-hetero) is 1. The molecule has 0 aromatic carbocycles. The summed E-state index contributed by atoms with van der Waals surface area (Å²) in [6.07, 6.45) is 6.59. The van der Waals surface area contributed by atoms with Crippen molar-refractivity contribution in [3.05, 3.63) is 54.6 Å². The molecule has 44 heavy (non-hydrogen) atoms. The minimum atomic E-state index is -1.07. The van der Waals surface area contributed by atoms with E-state index in [9.17, 15) is 19.2 Å². The molecule has 17 heteroatoms. The van der Waals surface area contributed by atoms with E-state index in [4.69, 9.17) is 9.84 Å². The number of pyridine rings is 2. The molecule has 1 fully saturated rings. The molecule has 1 N–H and O–H groups in total. The molecule has 0 aliphatic carbocycles. The summed E-state index contributed by atoms with van der Waals surface area (Å²) in [6.45, 7) is 0.706. The maximum absolute atomic E-state index is 13.8. The second-order valence-corrected chi connectivity index (χ2v) is 9.74. The smallest absolute Gasteiger partial charge is 0.325 e. The van der Waals surface area contributed by atoms with Crippen LogP contribution in [0.4, 0.5) is 5.95 Å². The molecule has 1 saturated heterocycles. The highest BCUT2D eigenvalue weighted by molar-refractivity contribution is 6.45. The first-order valence-electron chi connectivity index (χ1n) is 13.4. The fraction of sp³-hybridized carbons (Fsp3) is 0.259. The van der Waals surface area contributed by atoms with Crippen molar-refractivity contribution in [3.8, 4) is 23.0 Å². The Balaban J connectivity index is 1.28. The predicted molar refractivity (Wildman–Crippen MR) is 151 cm³/mol. The highest BCUT2D eigenvalue weighted by Crippen LogP contribution is 2.36. The van der Waals surface area contributed by atoms with E-state index in [0.29, 0.717) is 47.7 Å². The summed E-state index contributed by atoms with van der Waals surface area (Å²) in [7, 11) is 1.41. The SMILES string of the molecule is COc1cnc(-c2ccn(CC(=O)O)n2)c2c1c(C(=O)C(=O)N1CCN(c3nnnn3-c3ccccn3)CC1)cn2CC=O. The van der Waals surface area contributed by atoms with Crippen LogP contribution in [0.15, 0.2) is 49.1 Å². The molecule has 0 spiro atoms. The third-order valence-electron chi connectivity index (χ3n) is 7.14. The van der Waals surface area contributed by atoms with Gasteiger partial charge in [0.25, 0.3) is 17.6 Å². The van der Waals surface area contributed by atoms with E-state index in [1.54, 1.807) is 24.4 Å². The Morgan fingerprint density at radius 2 is 1.91 bits per heavy atom. The molecule has 224 valence electrons. The molecule has 6 heterocycles. The molecule has 0 radical (unpaired) electrons. The summed E-state index contributed by atoms with van der Waals surface area (Å²) in [5, 5.41) is 25.6. The number of piperazine rings is 1. The van der Waals surface area contributed by atoms with Gasteiger partial charge in [0.15, 0.2) is 5.82 Å². The Bertz CT molecular complexity index is 1870. The minimum Gasteiger partial charge on any atom is -0.494 e. The van der Waals surface area contributed by atoms with Crippen molar-refractivity contribution in [2.45, 2.75) is 13.1 Å². The Kier molecular flexibility index (Phi) is 7.49. The van der Waals surface area contributed by atoms with Crippen LogP contribution in [0.3, 0.4) is 0 Å². The summed E-state index contributed by atoms with van der Waals surface area (Å²) in [5.74, 6) is -1.33. The Morgan fingerprint density at radius 3 is 2.61 bits per heavy atom. The van der Waals surface area contributed by atoms with Gasteiger partial charge in [-0.15, -0.1) is 0 Å². The second kappa shape index (κ2) is 11.7. The van der Waals surface area contributed by atoms with Crippen molar-refractivity contribution in [3.63, 3.8) is 0 Å². The van der Waals surface area contributed by atoms with Crippen LogP contribution < -0.4 is 9.64 Å². The number of aldehydes is 1. The number of anilines is 1. The van der Waals surface area contributed by atoms with Crippen LogP contribution in [0.5, 0.6) is 5.75 Å². The molecule has 5 aromatic rings. The van der Waals surface area contributed by atoms with Crippen LogP contribution in [-0.2, 0) is 27.5 Å². The van der Waals surface area contributed by atoms with E-state index in [1.807, 2.05) is 11.0 Å². The molecule has 1 amide bonds. The normalized spacial score (nSPS) is 13.3. The molecule has 17 nitrogen and oxygen atoms in total. The van der Waals surface area contributed by atoms with E-state index in [2.05, 4.69) is 30.6 Å². The first kappa shape index (κ1) is 28.1. The fourth-order valence-corrected chi connectivity index (χ4v) is 5.14. The van der Waals surface area contributed by atoms with Gasteiger partial charge < -0.3 is 29.0 Å². The molecule has 0 saturated carbocycles. The number of amides is 1. The van der Waals surface area contributed by atoms with Crippen LogP contribution in [-0.4, -0.2) is 112 Å². The van der Waals surface area contributed by atoms with Crippen molar-refractivity contribution in [2.75, 3.05) is 38.2 Å². The minimum absolute atomic E-state index is 0.0406. The predicted octanol–water partition coefficient (Wildman–Crippen LogP) is 0.0941. The molecular weight excluding hydrogens is 574 g/mol. The first-order chi connectivity index (χ1) is 21.4. The number of carboxylic acid groups (broad SMARTS) is 1. The monoisotopic (exact) mass is 599 g/mol. The van der Waals surface area contributed by atoms with E-state index in [-0.39, 0.29) is 43.2 Å². The van der Waals surface area contributed by atoms with Crippen LogP contribution in [0.2, 0.25) is 0 Å². The van der Waals surface area contributed by atoms with Crippen LogP contribution in [0.25, 0.3) is 28.1 Å².